The van der Waals surface area contributed by atoms with Crippen LogP contribution in [0.3, 0.4) is 0 Å². The predicted molar refractivity (Wildman–Crippen MR) is 106 cm³/mol. The summed E-state index contributed by atoms with van der Waals surface area (Å²) in [5, 5.41) is 7.85. The summed E-state index contributed by atoms with van der Waals surface area (Å²) in [7, 11) is 0. The van der Waals surface area contributed by atoms with Gasteiger partial charge >= 0.3 is 0 Å². The highest BCUT2D eigenvalue weighted by molar-refractivity contribution is 7.80. The average Bonchev–Trinajstić information content (AvgIpc) is 2.61. The van der Waals surface area contributed by atoms with E-state index in [4.69, 9.17) is 28.6 Å². The van der Waals surface area contributed by atoms with Crippen LogP contribution in [-0.4, -0.2) is 29.9 Å². The van der Waals surface area contributed by atoms with Crippen LogP contribution in [0.25, 0.3) is 0 Å². The molecule has 1 fully saturated rings. The molecule has 0 spiro atoms. The number of ether oxygens (including phenoxy) is 1. The minimum atomic E-state index is -0.0328. The number of hydrogen-bond acceptors (Lipinski definition) is 3. The van der Waals surface area contributed by atoms with E-state index in [0.717, 1.165) is 49.1 Å². The second-order valence-corrected chi connectivity index (χ2v) is 7.22. The third-order valence-corrected chi connectivity index (χ3v) is 5.09. The summed E-state index contributed by atoms with van der Waals surface area (Å²) >= 11 is 11.7. The van der Waals surface area contributed by atoms with Crippen molar-refractivity contribution in [1.29, 1.82) is 0 Å². The first-order chi connectivity index (χ1) is 12.1. The summed E-state index contributed by atoms with van der Waals surface area (Å²) in [5.41, 5.74) is 2.15. The van der Waals surface area contributed by atoms with Gasteiger partial charge < -0.3 is 15.4 Å². The molecule has 1 saturated heterocycles. The molecule has 1 aliphatic rings. The van der Waals surface area contributed by atoms with Crippen LogP contribution in [0.1, 0.15) is 24.1 Å². The molecule has 2 N–H and O–H groups in total. The maximum atomic E-state index is 6.21. The highest BCUT2D eigenvalue weighted by Gasteiger charge is 2.34. The van der Waals surface area contributed by atoms with Crippen molar-refractivity contribution >= 4 is 34.7 Å². The Morgan fingerprint density at radius 3 is 2.72 bits per heavy atom. The van der Waals surface area contributed by atoms with Crippen LogP contribution in [0.2, 0.25) is 5.02 Å². The van der Waals surface area contributed by atoms with Crippen molar-refractivity contribution in [3.8, 4) is 0 Å². The molecule has 2 heterocycles. The Morgan fingerprint density at radius 2 is 2.00 bits per heavy atom. The van der Waals surface area contributed by atoms with Crippen LogP contribution in [-0.2, 0) is 10.2 Å². The lowest BCUT2D eigenvalue weighted by Gasteiger charge is -2.38. The monoisotopic (exact) mass is 375 g/mol. The highest BCUT2D eigenvalue weighted by Crippen LogP contribution is 2.35. The van der Waals surface area contributed by atoms with Crippen molar-refractivity contribution in [1.82, 2.24) is 10.3 Å². The summed E-state index contributed by atoms with van der Waals surface area (Å²) < 4.78 is 5.57. The second-order valence-electron chi connectivity index (χ2n) is 6.37. The zero-order valence-electron chi connectivity index (χ0n) is 14.2. The van der Waals surface area contributed by atoms with Crippen molar-refractivity contribution < 1.29 is 4.74 Å². The fraction of sp³-hybridized carbons (Fsp3) is 0.368. The van der Waals surface area contributed by atoms with Crippen LogP contribution in [0.15, 0.2) is 42.5 Å². The molecule has 132 valence electrons. The Bertz CT molecular complexity index is 747. The number of pyridine rings is 1. The van der Waals surface area contributed by atoms with E-state index in [1.165, 1.54) is 5.56 Å². The van der Waals surface area contributed by atoms with Gasteiger partial charge in [0.15, 0.2) is 5.11 Å². The number of thiocarbonyl (C=S) groups is 1. The first kappa shape index (κ1) is 18.1. The van der Waals surface area contributed by atoms with Crippen LogP contribution in [0, 0.1) is 6.92 Å². The Morgan fingerprint density at radius 1 is 1.24 bits per heavy atom. The van der Waals surface area contributed by atoms with Crippen molar-refractivity contribution in [2.45, 2.75) is 25.2 Å². The van der Waals surface area contributed by atoms with Crippen LogP contribution in [0.4, 0.5) is 5.82 Å². The molecule has 6 heteroatoms. The van der Waals surface area contributed by atoms with Crippen LogP contribution < -0.4 is 10.6 Å². The molecule has 1 aromatic carbocycles. The third-order valence-electron chi connectivity index (χ3n) is 4.60. The number of aryl methyl sites for hydroxylation is 1. The standard InChI is InChI=1S/C19H22ClN3OS/c1-14-4-2-7-17(22-14)23-18(25)21-13-19(8-10-24-11-9-19)15-5-3-6-16(20)12-15/h2-7,12H,8-11,13H2,1H3,(H2,21,22,23,25). The summed E-state index contributed by atoms with van der Waals surface area (Å²) in [5.74, 6) is 0.751. The lowest BCUT2D eigenvalue weighted by Crippen LogP contribution is -2.45. The maximum absolute atomic E-state index is 6.21. The number of nitrogens with zero attached hydrogens (tertiary/aromatic N) is 1. The molecule has 1 aliphatic heterocycles. The Labute approximate surface area is 158 Å². The molecule has 0 radical (unpaired) electrons. The number of benzene rings is 1. The van der Waals surface area contributed by atoms with Gasteiger partial charge in [0.2, 0.25) is 0 Å². The van der Waals surface area contributed by atoms with E-state index >= 15 is 0 Å². The lowest BCUT2D eigenvalue weighted by atomic mass is 9.74. The SMILES string of the molecule is Cc1cccc(NC(=S)NCC2(c3cccc(Cl)c3)CCOCC2)n1. The molecule has 0 unspecified atom stereocenters. The molecule has 0 aliphatic carbocycles. The van der Waals surface area contributed by atoms with Gasteiger partial charge in [-0.25, -0.2) is 4.98 Å². The minimum Gasteiger partial charge on any atom is -0.381 e. The van der Waals surface area contributed by atoms with Gasteiger partial charge in [0, 0.05) is 35.9 Å². The molecule has 2 aromatic rings. The Balaban J connectivity index is 1.69. The quantitative estimate of drug-likeness (QED) is 0.788. The van der Waals surface area contributed by atoms with Crippen molar-refractivity contribution in [2.24, 2.45) is 0 Å². The molecule has 3 rings (SSSR count). The van der Waals surface area contributed by atoms with Crippen LogP contribution >= 0.6 is 23.8 Å². The number of halogens is 1. The molecular formula is C19H22ClN3OS. The van der Waals surface area contributed by atoms with E-state index in [1.54, 1.807) is 0 Å². The van der Waals surface area contributed by atoms with E-state index in [1.807, 2.05) is 43.3 Å². The fourth-order valence-corrected chi connectivity index (χ4v) is 3.54. The summed E-state index contributed by atoms with van der Waals surface area (Å²) in [6, 6.07) is 13.9. The van der Waals surface area contributed by atoms with E-state index < -0.39 is 0 Å². The van der Waals surface area contributed by atoms with Gasteiger partial charge in [-0.15, -0.1) is 0 Å². The molecule has 0 amide bonds. The highest BCUT2D eigenvalue weighted by atomic mass is 35.5. The van der Waals surface area contributed by atoms with Crippen LogP contribution in [0.5, 0.6) is 0 Å². The van der Waals surface area contributed by atoms with Gasteiger partial charge in [0.25, 0.3) is 0 Å². The second kappa shape index (κ2) is 8.13. The Hall–Kier alpha value is -1.69. The molecule has 25 heavy (non-hydrogen) atoms. The molecule has 0 saturated carbocycles. The minimum absolute atomic E-state index is 0.0328. The largest absolute Gasteiger partial charge is 0.381 e. The third kappa shape index (κ3) is 4.69. The van der Waals surface area contributed by atoms with Gasteiger partial charge in [-0.05, 0) is 61.8 Å². The van der Waals surface area contributed by atoms with Crippen molar-refractivity contribution in [2.75, 3.05) is 25.1 Å². The molecule has 0 bridgehead atoms. The van der Waals surface area contributed by atoms with Crippen molar-refractivity contribution in [3.05, 3.63) is 58.7 Å². The summed E-state index contributed by atoms with van der Waals surface area (Å²) in [6.45, 7) is 4.17. The van der Waals surface area contributed by atoms with Crippen molar-refractivity contribution in [3.63, 3.8) is 0 Å². The Kier molecular flexibility index (Phi) is 5.89. The first-order valence-electron chi connectivity index (χ1n) is 8.40. The molecule has 0 atom stereocenters. The molecule has 1 aromatic heterocycles. The molecular weight excluding hydrogens is 354 g/mol. The van der Waals surface area contributed by atoms with Gasteiger partial charge in [0.1, 0.15) is 5.82 Å². The number of aromatic nitrogens is 1. The topological polar surface area (TPSA) is 46.2 Å². The van der Waals surface area contributed by atoms with E-state index in [0.29, 0.717) is 5.11 Å². The van der Waals surface area contributed by atoms with E-state index in [9.17, 15) is 0 Å². The van der Waals surface area contributed by atoms with E-state index in [-0.39, 0.29) is 5.41 Å². The number of nitrogens with one attached hydrogen (secondary N) is 2. The zero-order chi connectivity index (χ0) is 17.7. The number of rotatable bonds is 4. The first-order valence-corrected chi connectivity index (χ1v) is 9.18. The summed E-state index contributed by atoms with van der Waals surface area (Å²) in [4.78, 5) is 4.42. The normalized spacial score (nSPS) is 16.2. The number of hydrogen-bond donors (Lipinski definition) is 2. The van der Waals surface area contributed by atoms with Gasteiger partial charge in [0.05, 0.1) is 0 Å². The average molecular weight is 376 g/mol. The lowest BCUT2D eigenvalue weighted by molar-refractivity contribution is 0.0515. The number of anilines is 1. The maximum Gasteiger partial charge on any atom is 0.171 e. The fourth-order valence-electron chi connectivity index (χ4n) is 3.17. The van der Waals surface area contributed by atoms with E-state index in [2.05, 4.69) is 21.7 Å². The van der Waals surface area contributed by atoms with Gasteiger partial charge in [-0.2, -0.15) is 0 Å². The summed E-state index contributed by atoms with van der Waals surface area (Å²) in [6.07, 6.45) is 1.87. The smallest absolute Gasteiger partial charge is 0.171 e. The predicted octanol–water partition coefficient (Wildman–Crippen LogP) is 4.08. The zero-order valence-corrected chi connectivity index (χ0v) is 15.8. The van der Waals surface area contributed by atoms with Gasteiger partial charge in [-0.3, -0.25) is 0 Å². The molecule has 4 nitrogen and oxygen atoms in total. The van der Waals surface area contributed by atoms with Gasteiger partial charge in [-0.1, -0.05) is 29.8 Å².